The Balaban J connectivity index is 2.51. The molecule has 0 amide bonds. The van der Waals surface area contributed by atoms with E-state index in [-0.39, 0.29) is 18.1 Å². The van der Waals surface area contributed by atoms with Gasteiger partial charge < -0.3 is 20.7 Å². The maximum absolute atomic E-state index is 5.60. The van der Waals surface area contributed by atoms with Gasteiger partial charge in [0.05, 0.1) is 6.10 Å². The van der Waals surface area contributed by atoms with E-state index in [0.29, 0.717) is 5.95 Å². The second-order valence-electron chi connectivity index (χ2n) is 4.55. The lowest BCUT2D eigenvalue weighted by molar-refractivity contribution is 0.222. The number of hydrogen-bond acceptors (Lipinski definition) is 7. The molecule has 7 nitrogen and oxygen atoms in total. The van der Waals surface area contributed by atoms with Crippen molar-refractivity contribution in [2.75, 3.05) is 38.2 Å². The Labute approximate surface area is 108 Å². The SMILES string of the molecule is CC(C)Oc1nc(N)nc(NCCCN(C)C)n1. The van der Waals surface area contributed by atoms with Crippen molar-refractivity contribution in [3.05, 3.63) is 0 Å². The molecule has 0 aromatic carbocycles. The van der Waals surface area contributed by atoms with Crippen LogP contribution in [0.15, 0.2) is 0 Å². The number of hydrogen-bond donors (Lipinski definition) is 2. The molecular weight excluding hydrogens is 232 g/mol. The highest BCUT2D eigenvalue weighted by atomic mass is 16.5. The van der Waals surface area contributed by atoms with Gasteiger partial charge in [0.25, 0.3) is 0 Å². The van der Waals surface area contributed by atoms with Crippen molar-refractivity contribution in [1.82, 2.24) is 19.9 Å². The lowest BCUT2D eigenvalue weighted by Crippen LogP contribution is -2.18. The predicted octanol–water partition coefficient (Wildman–Crippen LogP) is 0.605. The smallest absolute Gasteiger partial charge is 0.323 e. The first-order valence-electron chi connectivity index (χ1n) is 6.04. The Morgan fingerprint density at radius 2 is 2.00 bits per heavy atom. The minimum absolute atomic E-state index is 0.00777. The summed E-state index contributed by atoms with van der Waals surface area (Å²) >= 11 is 0. The summed E-state index contributed by atoms with van der Waals surface area (Å²) in [4.78, 5) is 14.2. The van der Waals surface area contributed by atoms with Crippen molar-refractivity contribution in [3.63, 3.8) is 0 Å². The Morgan fingerprint density at radius 1 is 1.28 bits per heavy atom. The Bertz CT molecular complexity index is 369. The minimum Gasteiger partial charge on any atom is -0.461 e. The molecule has 0 unspecified atom stereocenters. The van der Waals surface area contributed by atoms with Crippen molar-refractivity contribution in [1.29, 1.82) is 0 Å². The van der Waals surface area contributed by atoms with Crippen LogP contribution in [0.1, 0.15) is 20.3 Å². The number of anilines is 2. The van der Waals surface area contributed by atoms with Gasteiger partial charge >= 0.3 is 6.01 Å². The summed E-state index contributed by atoms with van der Waals surface area (Å²) in [6, 6.07) is 0.257. The lowest BCUT2D eigenvalue weighted by atomic mass is 10.4. The highest BCUT2D eigenvalue weighted by molar-refractivity contribution is 5.32. The number of rotatable bonds is 7. The molecule has 0 saturated heterocycles. The molecule has 0 spiro atoms. The Morgan fingerprint density at radius 3 is 2.61 bits per heavy atom. The summed E-state index contributed by atoms with van der Waals surface area (Å²) in [5.74, 6) is 0.618. The van der Waals surface area contributed by atoms with E-state index in [1.807, 2.05) is 27.9 Å². The van der Waals surface area contributed by atoms with Gasteiger partial charge in [0.15, 0.2) is 0 Å². The maximum atomic E-state index is 5.60. The van der Waals surface area contributed by atoms with Crippen LogP contribution >= 0.6 is 0 Å². The first-order valence-corrected chi connectivity index (χ1v) is 6.04. The van der Waals surface area contributed by atoms with Gasteiger partial charge in [-0.15, -0.1) is 0 Å². The van der Waals surface area contributed by atoms with Crippen molar-refractivity contribution in [3.8, 4) is 6.01 Å². The van der Waals surface area contributed by atoms with Gasteiger partial charge in [-0.1, -0.05) is 0 Å². The minimum atomic E-state index is 0.00777. The Hall–Kier alpha value is -1.63. The van der Waals surface area contributed by atoms with Crippen LogP contribution in [0.3, 0.4) is 0 Å². The first kappa shape index (κ1) is 14.4. The quantitative estimate of drug-likeness (QED) is 0.689. The van der Waals surface area contributed by atoms with Gasteiger partial charge in [-0.2, -0.15) is 15.0 Å². The molecule has 0 atom stereocenters. The highest BCUT2D eigenvalue weighted by Gasteiger charge is 2.06. The van der Waals surface area contributed by atoms with Crippen LogP contribution in [0.4, 0.5) is 11.9 Å². The van der Waals surface area contributed by atoms with E-state index in [0.717, 1.165) is 19.5 Å². The fourth-order valence-electron chi connectivity index (χ4n) is 1.31. The predicted molar refractivity (Wildman–Crippen MR) is 71.7 cm³/mol. The molecule has 0 radical (unpaired) electrons. The van der Waals surface area contributed by atoms with Crippen LogP contribution in [-0.4, -0.2) is 53.1 Å². The molecule has 7 heteroatoms. The summed E-state index contributed by atoms with van der Waals surface area (Å²) in [5, 5.41) is 3.11. The normalized spacial score (nSPS) is 11.0. The number of aromatic nitrogens is 3. The van der Waals surface area contributed by atoms with Crippen molar-refractivity contribution in [2.45, 2.75) is 26.4 Å². The third kappa shape index (κ3) is 5.62. The van der Waals surface area contributed by atoms with Crippen LogP contribution in [0.2, 0.25) is 0 Å². The van der Waals surface area contributed by atoms with Gasteiger partial charge in [-0.3, -0.25) is 0 Å². The van der Waals surface area contributed by atoms with Crippen molar-refractivity contribution >= 4 is 11.9 Å². The summed E-state index contributed by atoms with van der Waals surface area (Å²) in [6.45, 7) is 5.60. The van der Waals surface area contributed by atoms with Gasteiger partial charge in [-0.25, -0.2) is 0 Å². The second-order valence-corrected chi connectivity index (χ2v) is 4.55. The molecule has 0 aliphatic rings. The summed E-state index contributed by atoms with van der Waals surface area (Å²) in [6.07, 6.45) is 1.01. The largest absolute Gasteiger partial charge is 0.461 e. The molecule has 1 aromatic rings. The number of nitrogen functional groups attached to an aromatic ring is 1. The van der Waals surface area contributed by atoms with Crippen LogP contribution < -0.4 is 15.8 Å². The fraction of sp³-hybridized carbons (Fsp3) is 0.727. The monoisotopic (exact) mass is 254 g/mol. The maximum Gasteiger partial charge on any atom is 0.323 e. The molecule has 0 aliphatic carbocycles. The van der Waals surface area contributed by atoms with E-state index < -0.39 is 0 Å². The van der Waals surface area contributed by atoms with Gasteiger partial charge in [-0.05, 0) is 40.9 Å². The fourth-order valence-corrected chi connectivity index (χ4v) is 1.31. The first-order chi connectivity index (χ1) is 8.47. The van der Waals surface area contributed by atoms with E-state index in [1.165, 1.54) is 0 Å². The zero-order chi connectivity index (χ0) is 13.5. The second kappa shape index (κ2) is 6.95. The van der Waals surface area contributed by atoms with Crippen LogP contribution in [-0.2, 0) is 0 Å². The zero-order valence-electron chi connectivity index (χ0n) is 11.5. The van der Waals surface area contributed by atoms with Crippen molar-refractivity contribution in [2.24, 2.45) is 0 Å². The number of nitrogens with two attached hydrogens (primary N) is 1. The van der Waals surface area contributed by atoms with E-state index >= 15 is 0 Å². The van der Waals surface area contributed by atoms with Gasteiger partial charge in [0.1, 0.15) is 0 Å². The van der Waals surface area contributed by atoms with E-state index in [2.05, 4.69) is 25.2 Å². The molecule has 3 N–H and O–H groups in total. The average Bonchev–Trinajstić information content (AvgIpc) is 2.22. The number of nitrogens with zero attached hydrogens (tertiary/aromatic N) is 4. The Kier molecular flexibility index (Phi) is 5.57. The van der Waals surface area contributed by atoms with Crippen LogP contribution in [0.25, 0.3) is 0 Å². The zero-order valence-corrected chi connectivity index (χ0v) is 11.5. The highest BCUT2D eigenvalue weighted by Crippen LogP contribution is 2.10. The molecule has 1 heterocycles. The standard InChI is InChI=1S/C11H22N6O/c1-8(2)18-11-15-9(12)14-10(16-11)13-6-5-7-17(3)4/h8H,5-7H2,1-4H3,(H3,12,13,14,15,16). The molecule has 0 aliphatic heterocycles. The average molecular weight is 254 g/mol. The van der Waals surface area contributed by atoms with E-state index in [4.69, 9.17) is 10.5 Å². The molecule has 1 aromatic heterocycles. The topological polar surface area (TPSA) is 89.2 Å². The van der Waals surface area contributed by atoms with Crippen molar-refractivity contribution < 1.29 is 4.74 Å². The molecule has 0 bridgehead atoms. The summed E-state index contributed by atoms with van der Waals surface area (Å²) in [7, 11) is 4.07. The number of nitrogens with one attached hydrogen (secondary N) is 1. The van der Waals surface area contributed by atoms with Crippen LogP contribution in [0, 0.1) is 0 Å². The summed E-state index contributed by atoms with van der Waals surface area (Å²) in [5.41, 5.74) is 5.60. The van der Waals surface area contributed by atoms with Gasteiger partial charge in [0.2, 0.25) is 11.9 Å². The third-order valence-electron chi connectivity index (χ3n) is 2.04. The third-order valence-corrected chi connectivity index (χ3v) is 2.04. The van der Waals surface area contributed by atoms with Gasteiger partial charge in [0, 0.05) is 6.54 Å². The molecule has 0 saturated carbocycles. The molecule has 102 valence electrons. The number of ether oxygens (including phenoxy) is 1. The molecule has 18 heavy (non-hydrogen) atoms. The molecule has 0 fully saturated rings. The lowest BCUT2D eigenvalue weighted by Gasteiger charge is -2.11. The van der Waals surface area contributed by atoms with Crippen LogP contribution in [0.5, 0.6) is 6.01 Å². The molecule has 1 rings (SSSR count). The molecular formula is C11H22N6O. The summed E-state index contributed by atoms with van der Waals surface area (Å²) < 4.78 is 5.39. The van der Waals surface area contributed by atoms with E-state index in [1.54, 1.807) is 0 Å². The van der Waals surface area contributed by atoms with E-state index in [9.17, 15) is 0 Å².